The molecule has 0 aliphatic heterocycles. The summed E-state index contributed by atoms with van der Waals surface area (Å²) in [5.41, 5.74) is -0.857. The maximum atomic E-state index is 12.4. The second-order valence-electron chi connectivity index (χ2n) is 6.66. The number of benzene rings is 1. The van der Waals surface area contributed by atoms with E-state index in [2.05, 4.69) is 5.32 Å². The first kappa shape index (κ1) is 22.1. The lowest BCUT2D eigenvalue weighted by atomic mass is 9.98. The molecule has 2 N–H and O–H groups in total. The number of nitrogens with zero attached hydrogens (tertiary/aromatic N) is 1. The second kappa shape index (κ2) is 8.61. The zero-order valence-corrected chi connectivity index (χ0v) is 16.5. The monoisotopic (exact) mass is 386 g/mol. The van der Waals surface area contributed by atoms with Crippen molar-refractivity contribution in [3.8, 4) is 0 Å². The molecule has 1 atom stereocenters. The number of amides is 1. The van der Waals surface area contributed by atoms with Crippen molar-refractivity contribution in [2.45, 2.75) is 43.7 Å². The molecule has 9 heteroatoms. The molecule has 1 amide bonds. The standard InChI is InChI=1S/C17H26N2O6S/c1-12(2)19(4)26(23,24)14-8-6-13(7-9-14)16(22)18-17(3,11-25-5)10-15(20)21/h6-9,12H,10-11H2,1-5H3,(H,18,22)(H,20,21). The number of carbonyl (C=O) groups is 2. The van der Waals surface area contributed by atoms with Crippen molar-refractivity contribution in [1.29, 1.82) is 0 Å². The van der Waals surface area contributed by atoms with Gasteiger partial charge in [-0.2, -0.15) is 4.31 Å². The topological polar surface area (TPSA) is 113 Å². The van der Waals surface area contributed by atoms with Gasteiger partial charge in [-0.05, 0) is 45.0 Å². The average Bonchev–Trinajstić information content (AvgIpc) is 2.53. The van der Waals surface area contributed by atoms with Crippen LogP contribution in [0.25, 0.3) is 0 Å². The van der Waals surface area contributed by atoms with Gasteiger partial charge in [-0.1, -0.05) is 0 Å². The number of ether oxygens (including phenoxy) is 1. The summed E-state index contributed by atoms with van der Waals surface area (Å²) in [4.78, 5) is 23.5. The fourth-order valence-electron chi connectivity index (χ4n) is 2.35. The molecule has 1 aromatic rings. The number of rotatable bonds is 9. The minimum absolute atomic E-state index is 0.0245. The Labute approximate surface area is 154 Å². The van der Waals surface area contributed by atoms with Crippen molar-refractivity contribution in [2.75, 3.05) is 20.8 Å². The summed E-state index contributed by atoms with van der Waals surface area (Å²) >= 11 is 0. The van der Waals surface area contributed by atoms with Crippen LogP contribution >= 0.6 is 0 Å². The van der Waals surface area contributed by atoms with E-state index in [0.29, 0.717) is 0 Å². The van der Waals surface area contributed by atoms with Crippen molar-refractivity contribution in [3.05, 3.63) is 29.8 Å². The Bertz CT molecular complexity index is 745. The minimum atomic E-state index is -3.64. The van der Waals surface area contributed by atoms with E-state index in [-0.39, 0.29) is 29.5 Å². The lowest BCUT2D eigenvalue weighted by molar-refractivity contribution is -0.139. The van der Waals surface area contributed by atoms with Gasteiger partial charge in [0.15, 0.2) is 0 Å². The van der Waals surface area contributed by atoms with Crippen LogP contribution in [0.2, 0.25) is 0 Å². The van der Waals surface area contributed by atoms with Crippen LogP contribution in [0.1, 0.15) is 37.6 Å². The molecule has 0 heterocycles. The van der Waals surface area contributed by atoms with E-state index in [9.17, 15) is 18.0 Å². The quantitative estimate of drug-likeness (QED) is 0.662. The van der Waals surface area contributed by atoms with E-state index in [1.807, 2.05) is 0 Å². The fraction of sp³-hybridized carbons (Fsp3) is 0.529. The van der Waals surface area contributed by atoms with Crippen LogP contribution in [0.15, 0.2) is 29.2 Å². The van der Waals surface area contributed by atoms with Crippen molar-refractivity contribution in [1.82, 2.24) is 9.62 Å². The Morgan fingerprint density at radius 2 is 1.81 bits per heavy atom. The SMILES string of the molecule is COCC(C)(CC(=O)O)NC(=O)c1ccc(S(=O)(=O)N(C)C(C)C)cc1. The fourth-order valence-corrected chi connectivity index (χ4v) is 3.72. The predicted molar refractivity (Wildman–Crippen MR) is 96.5 cm³/mol. The van der Waals surface area contributed by atoms with Gasteiger partial charge < -0.3 is 15.2 Å². The normalized spacial score (nSPS) is 14.3. The van der Waals surface area contributed by atoms with Crippen LogP contribution in [0, 0.1) is 0 Å². The second-order valence-corrected chi connectivity index (χ2v) is 8.66. The molecule has 0 saturated heterocycles. The molecule has 26 heavy (non-hydrogen) atoms. The number of carbonyl (C=O) groups excluding carboxylic acids is 1. The number of nitrogens with one attached hydrogen (secondary N) is 1. The molecule has 0 aliphatic rings. The zero-order valence-electron chi connectivity index (χ0n) is 15.6. The van der Waals surface area contributed by atoms with Gasteiger partial charge in [-0.3, -0.25) is 9.59 Å². The average molecular weight is 386 g/mol. The Hall–Kier alpha value is -1.97. The highest BCUT2D eigenvalue weighted by Crippen LogP contribution is 2.18. The maximum absolute atomic E-state index is 12.4. The summed E-state index contributed by atoms with van der Waals surface area (Å²) in [5, 5.41) is 11.6. The van der Waals surface area contributed by atoms with Gasteiger partial charge in [-0.15, -0.1) is 0 Å². The third kappa shape index (κ3) is 5.52. The van der Waals surface area contributed by atoms with E-state index >= 15 is 0 Å². The van der Waals surface area contributed by atoms with Crippen LogP contribution in [0.5, 0.6) is 0 Å². The Kier molecular flexibility index (Phi) is 7.31. The summed E-state index contributed by atoms with van der Waals surface area (Å²) in [5.74, 6) is -1.57. The molecular weight excluding hydrogens is 360 g/mol. The molecule has 0 spiro atoms. The molecule has 8 nitrogen and oxygen atoms in total. The molecule has 0 aromatic heterocycles. The molecule has 0 saturated carbocycles. The largest absolute Gasteiger partial charge is 0.481 e. The highest BCUT2D eigenvalue weighted by Gasteiger charge is 2.30. The summed E-state index contributed by atoms with van der Waals surface area (Å²) < 4.78 is 31.1. The molecule has 1 unspecified atom stereocenters. The van der Waals surface area contributed by atoms with Gasteiger partial charge in [0, 0.05) is 25.8 Å². The predicted octanol–water partition coefficient (Wildman–Crippen LogP) is 1.33. The molecule has 0 aliphatic carbocycles. The summed E-state index contributed by atoms with van der Waals surface area (Å²) in [6, 6.07) is 5.30. The molecule has 1 aromatic carbocycles. The summed E-state index contributed by atoms with van der Waals surface area (Å²) in [7, 11) is -0.734. The number of carboxylic acid groups (broad SMARTS) is 1. The van der Waals surface area contributed by atoms with E-state index in [1.165, 1.54) is 42.7 Å². The van der Waals surface area contributed by atoms with Crippen LogP contribution in [0.3, 0.4) is 0 Å². The smallest absolute Gasteiger partial charge is 0.305 e. The van der Waals surface area contributed by atoms with Gasteiger partial charge >= 0.3 is 5.97 Å². The van der Waals surface area contributed by atoms with E-state index < -0.39 is 27.4 Å². The van der Waals surface area contributed by atoms with Gasteiger partial charge in [0.25, 0.3) is 5.91 Å². The van der Waals surface area contributed by atoms with Crippen LogP contribution < -0.4 is 5.32 Å². The van der Waals surface area contributed by atoms with Gasteiger partial charge in [0.05, 0.1) is 23.5 Å². The van der Waals surface area contributed by atoms with E-state index in [0.717, 1.165) is 0 Å². The molecule has 0 radical (unpaired) electrons. The van der Waals surface area contributed by atoms with Crippen LogP contribution in [-0.2, 0) is 19.6 Å². The molecular formula is C17H26N2O6S. The maximum Gasteiger partial charge on any atom is 0.305 e. The number of methoxy groups -OCH3 is 1. The van der Waals surface area contributed by atoms with Crippen LogP contribution in [-0.4, -0.2) is 62.1 Å². The summed E-state index contributed by atoms with van der Waals surface area (Å²) in [6.07, 6.45) is -0.307. The van der Waals surface area contributed by atoms with Crippen molar-refractivity contribution < 1.29 is 27.9 Å². The molecule has 1 rings (SSSR count). The first-order chi connectivity index (χ1) is 11.9. The highest BCUT2D eigenvalue weighted by atomic mass is 32.2. The number of carboxylic acids is 1. The third-order valence-corrected chi connectivity index (χ3v) is 5.99. The van der Waals surface area contributed by atoms with Gasteiger partial charge in [-0.25, -0.2) is 8.42 Å². The number of hydrogen-bond acceptors (Lipinski definition) is 5. The van der Waals surface area contributed by atoms with Crippen molar-refractivity contribution >= 4 is 21.9 Å². The Morgan fingerprint density at radius 1 is 1.27 bits per heavy atom. The molecule has 0 fully saturated rings. The van der Waals surface area contributed by atoms with Crippen LogP contribution in [0.4, 0.5) is 0 Å². The third-order valence-electron chi connectivity index (χ3n) is 3.94. The van der Waals surface area contributed by atoms with Gasteiger partial charge in [0.1, 0.15) is 0 Å². The molecule has 0 bridgehead atoms. The number of sulfonamides is 1. The Morgan fingerprint density at radius 3 is 2.23 bits per heavy atom. The minimum Gasteiger partial charge on any atom is -0.481 e. The van der Waals surface area contributed by atoms with E-state index in [4.69, 9.17) is 9.84 Å². The summed E-state index contributed by atoms with van der Waals surface area (Å²) in [6.45, 7) is 5.12. The Balaban J connectivity index is 3.01. The number of aliphatic carboxylic acids is 1. The van der Waals surface area contributed by atoms with E-state index in [1.54, 1.807) is 20.8 Å². The lowest BCUT2D eigenvalue weighted by Gasteiger charge is -2.28. The first-order valence-corrected chi connectivity index (χ1v) is 9.48. The van der Waals surface area contributed by atoms with Crippen molar-refractivity contribution in [2.24, 2.45) is 0 Å². The first-order valence-electron chi connectivity index (χ1n) is 8.04. The number of hydrogen-bond donors (Lipinski definition) is 2. The van der Waals surface area contributed by atoms with Crippen molar-refractivity contribution in [3.63, 3.8) is 0 Å². The lowest BCUT2D eigenvalue weighted by Crippen LogP contribution is -2.50. The highest BCUT2D eigenvalue weighted by molar-refractivity contribution is 7.89. The molecule has 146 valence electrons. The van der Waals surface area contributed by atoms with Gasteiger partial charge in [0.2, 0.25) is 10.0 Å². The zero-order chi connectivity index (χ0) is 20.1.